The van der Waals surface area contributed by atoms with Crippen LogP contribution in [0.3, 0.4) is 0 Å². The molecule has 2 amide bonds. The topological polar surface area (TPSA) is 121 Å². The second-order valence-corrected chi connectivity index (χ2v) is 10.2. The van der Waals surface area contributed by atoms with Crippen LogP contribution in [0.5, 0.6) is 0 Å². The molecule has 0 aliphatic carbocycles. The molecule has 3 N–H and O–H groups in total. The Balaban J connectivity index is 1.64. The molecule has 0 saturated heterocycles. The molecule has 8 nitrogen and oxygen atoms in total. The zero-order chi connectivity index (χ0) is 22.6. The van der Waals surface area contributed by atoms with E-state index >= 15 is 0 Å². The molecule has 0 aliphatic heterocycles. The van der Waals surface area contributed by atoms with Crippen LogP contribution in [-0.2, 0) is 20.0 Å². The summed E-state index contributed by atoms with van der Waals surface area (Å²) in [5, 5.41) is 2.40. The SMILES string of the molecule is Cc1ccc(S(=O)(=O)NC(=O)Nc2ccc(NS(=O)(=O)c3ccc(C)cc3)cc2)cc1. The Labute approximate surface area is 181 Å². The van der Waals surface area contributed by atoms with E-state index in [1.807, 2.05) is 18.6 Å². The van der Waals surface area contributed by atoms with Crippen molar-refractivity contribution >= 4 is 37.5 Å². The lowest BCUT2D eigenvalue weighted by molar-refractivity contribution is 0.256. The molecule has 162 valence electrons. The molecule has 0 radical (unpaired) electrons. The van der Waals surface area contributed by atoms with Crippen LogP contribution < -0.4 is 14.8 Å². The summed E-state index contributed by atoms with van der Waals surface area (Å²) in [5.41, 5.74) is 2.41. The Morgan fingerprint density at radius 1 is 0.613 bits per heavy atom. The van der Waals surface area contributed by atoms with Gasteiger partial charge in [-0.05, 0) is 62.4 Å². The molecule has 10 heteroatoms. The summed E-state index contributed by atoms with van der Waals surface area (Å²) < 4.78 is 53.8. The van der Waals surface area contributed by atoms with Gasteiger partial charge in [0.2, 0.25) is 0 Å². The number of urea groups is 1. The van der Waals surface area contributed by atoms with Crippen molar-refractivity contribution < 1.29 is 21.6 Å². The number of sulfonamides is 2. The Bertz CT molecular complexity index is 1280. The van der Waals surface area contributed by atoms with Crippen molar-refractivity contribution in [1.82, 2.24) is 4.72 Å². The summed E-state index contributed by atoms with van der Waals surface area (Å²) >= 11 is 0. The van der Waals surface area contributed by atoms with Crippen LogP contribution in [0, 0.1) is 13.8 Å². The molecule has 0 unspecified atom stereocenters. The maximum Gasteiger partial charge on any atom is 0.333 e. The fourth-order valence-corrected chi connectivity index (χ4v) is 4.57. The van der Waals surface area contributed by atoms with Crippen molar-refractivity contribution in [1.29, 1.82) is 0 Å². The Hall–Kier alpha value is -3.37. The molecule has 3 aromatic rings. The first-order chi connectivity index (χ1) is 14.5. The lowest BCUT2D eigenvalue weighted by atomic mass is 10.2. The average Bonchev–Trinajstić information content (AvgIpc) is 2.69. The first-order valence-corrected chi connectivity index (χ1v) is 12.1. The minimum absolute atomic E-state index is 0.0332. The van der Waals surface area contributed by atoms with E-state index < -0.39 is 26.1 Å². The van der Waals surface area contributed by atoms with E-state index in [1.54, 1.807) is 24.3 Å². The largest absolute Gasteiger partial charge is 0.333 e. The molecular weight excluding hydrogens is 438 g/mol. The Morgan fingerprint density at radius 3 is 1.52 bits per heavy atom. The summed E-state index contributed by atoms with van der Waals surface area (Å²) in [6, 6.07) is 17.3. The summed E-state index contributed by atoms with van der Waals surface area (Å²) in [6.07, 6.45) is 0. The van der Waals surface area contributed by atoms with Gasteiger partial charge in [0.25, 0.3) is 20.0 Å². The van der Waals surface area contributed by atoms with E-state index in [1.165, 1.54) is 48.5 Å². The molecule has 3 aromatic carbocycles. The Kier molecular flexibility index (Phi) is 6.32. The molecule has 31 heavy (non-hydrogen) atoms. The Morgan fingerprint density at radius 2 is 1.03 bits per heavy atom. The molecule has 0 aliphatic rings. The molecule has 0 bridgehead atoms. The van der Waals surface area contributed by atoms with Crippen LogP contribution in [-0.4, -0.2) is 22.9 Å². The normalized spacial score (nSPS) is 11.5. The van der Waals surface area contributed by atoms with Gasteiger partial charge in [-0.3, -0.25) is 4.72 Å². The van der Waals surface area contributed by atoms with Gasteiger partial charge in [-0.25, -0.2) is 26.4 Å². The summed E-state index contributed by atoms with van der Waals surface area (Å²) in [4.78, 5) is 12.2. The molecule has 0 aromatic heterocycles. The molecule has 0 spiro atoms. The zero-order valence-corrected chi connectivity index (χ0v) is 18.4. The van der Waals surface area contributed by atoms with E-state index in [2.05, 4.69) is 10.0 Å². The van der Waals surface area contributed by atoms with E-state index in [-0.39, 0.29) is 15.5 Å². The first kappa shape index (κ1) is 22.3. The van der Waals surface area contributed by atoms with E-state index in [4.69, 9.17) is 0 Å². The highest BCUT2D eigenvalue weighted by atomic mass is 32.2. The van der Waals surface area contributed by atoms with Gasteiger partial charge in [0.1, 0.15) is 0 Å². The van der Waals surface area contributed by atoms with Gasteiger partial charge in [0.15, 0.2) is 0 Å². The minimum Gasteiger partial charge on any atom is -0.307 e. The van der Waals surface area contributed by atoms with Crippen molar-refractivity contribution in [2.75, 3.05) is 10.0 Å². The molecular formula is C21H21N3O5S2. The fourth-order valence-electron chi connectivity index (χ4n) is 2.61. The third-order valence-electron chi connectivity index (χ3n) is 4.28. The fraction of sp³-hybridized carbons (Fsp3) is 0.0952. The number of carbonyl (C=O) groups excluding carboxylic acids is 1. The van der Waals surface area contributed by atoms with Gasteiger partial charge in [-0.1, -0.05) is 35.4 Å². The standard InChI is InChI=1S/C21H21N3O5S2/c1-15-3-11-19(12-4-15)30(26,27)23-18-9-7-17(8-10-18)22-21(25)24-31(28,29)20-13-5-16(2)6-14-20/h3-14,23H,1-2H3,(H2,22,24,25). The van der Waals surface area contributed by atoms with Crippen molar-refractivity contribution in [3.05, 3.63) is 83.9 Å². The van der Waals surface area contributed by atoms with Gasteiger partial charge in [-0.2, -0.15) is 0 Å². The molecule has 0 fully saturated rings. The zero-order valence-electron chi connectivity index (χ0n) is 16.8. The number of hydrogen-bond acceptors (Lipinski definition) is 5. The van der Waals surface area contributed by atoms with Gasteiger partial charge in [0, 0.05) is 11.4 Å². The molecule has 3 rings (SSSR count). The second kappa shape index (κ2) is 8.78. The van der Waals surface area contributed by atoms with Crippen molar-refractivity contribution in [3.8, 4) is 0 Å². The van der Waals surface area contributed by atoms with Crippen LogP contribution in [0.4, 0.5) is 16.2 Å². The minimum atomic E-state index is -4.02. The third-order valence-corrected chi connectivity index (χ3v) is 7.03. The highest BCUT2D eigenvalue weighted by Gasteiger charge is 2.18. The number of aryl methyl sites for hydroxylation is 2. The second-order valence-electron chi connectivity index (χ2n) is 6.87. The third kappa shape index (κ3) is 5.83. The van der Waals surface area contributed by atoms with Crippen molar-refractivity contribution in [2.45, 2.75) is 23.6 Å². The molecule has 0 saturated carbocycles. The van der Waals surface area contributed by atoms with Crippen LogP contribution in [0.15, 0.2) is 82.6 Å². The van der Waals surface area contributed by atoms with Crippen molar-refractivity contribution in [2.24, 2.45) is 0 Å². The van der Waals surface area contributed by atoms with Crippen LogP contribution in [0.2, 0.25) is 0 Å². The summed E-state index contributed by atoms with van der Waals surface area (Å²) in [5.74, 6) is 0. The summed E-state index contributed by atoms with van der Waals surface area (Å²) in [7, 11) is -7.77. The monoisotopic (exact) mass is 459 g/mol. The number of carbonyl (C=O) groups is 1. The van der Waals surface area contributed by atoms with E-state index in [0.29, 0.717) is 5.69 Å². The smallest absolute Gasteiger partial charge is 0.307 e. The number of benzene rings is 3. The van der Waals surface area contributed by atoms with Gasteiger partial charge < -0.3 is 5.32 Å². The number of nitrogens with one attached hydrogen (secondary N) is 3. The maximum absolute atomic E-state index is 12.4. The highest BCUT2D eigenvalue weighted by Crippen LogP contribution is 2.19. The van der Waals surface area contributed by atoms with Crippen molar-refractivity contribution in [3.63, 3.8) is 0 Å². The summed E-state index contributed by atoms with van der Waals surface area (Å²) in [6.45, 7) is 3.68. The molecule has 0 atom stereocenters. The predicted molar refractivity (Wildman–Crippen MR) is 119 cm³/mol. The maximum atomic E-state index is 12.4. The highest BCUT2D eigenvalue weighted by molar-refractivity contribution is 7.92. The van der Waals surface area contributed by atoms with Crippen LogP contribution in [0.1, 0.15) is 11.1 Å². The molecule has 0 heterocycles. The van der Waals surface area contributed by atoms with E-state index in [0.717, 1.165) is 11.1 Å². The number of hydrogen-bond donors (Lipinski definition) is 3. The first-order valence-electron chi connectivity index (χ1n) is 9.15. The van der Waals surface area contributed by atoms with Gasteiger partial charge >= 0.3 is 6.03 Å². The number of rotatable bonds is 6. The lowest BCUT2D eigenvalue weighted by Crippen LogP contribution is -2.34. The van der Waals surface area contributed by atoms with Gasteiger partial charge in [0.05, 0.1) is 9.79 Å². The average molecular weight is 460 g/mol. The van der Waals surface area contributed by atoms with E-state index in [9.17, 15) is 21.6 Å². The number of amides is 2. The predicted octanol–water partition coefficient (Wildman–Crippen LogP) is 3.61. The number of anilines is 2. The van der Waals surface area contributed by atoms with Crippen LogP contribution >= 0.6 is 0 Å². The van der Waals surface area contributed by atoms with Gasteiger partial charge in [-0.15, -0.1) is 0 Å². The van der Waals surface area contributed by atoms with Crippen LogP contribution in [0.25, 0.3) is 0 Å². The quantitative estimate of drug-likeness (QED) is 0.520. The lowest BCUT2D eigenvalue weighted by Gasteiger charge is -2.11.